The van der Waals surface area contributed by atoms with Crippen LogP contribution in [0.1, 0.15) is 51.4 Å². The zero-order valence-electron chi connectivity index (χ0n) is 11.1. The fourth-order valence-corrected chi connectivity index (χ4v) is 4.07. The Hall–Kier alpha value is -0.0800. The van der Waals surface area contributed by atoms with Gasteiger partial charge in [-0.2, -0.15) is 0 Å². The van der Waals surface area contributed by atoms with E-state index < -0.39 is 0 Å². The molecule has 0 aliphatic heterocycles. The van der Waals surface area contributed by atoms with E-state index in [1.165, 1.54) is 51.4 Å². The lowest BCUT2D eigenvalue weighted by atomic mass is 9.64. The summed E-state index contributed by atoms with van der Waals surface area (Å²) < 4.78 is 0. The molecule has 2 N–H and O–H groups in total. The Bertz CT molecular complexity index is 265. The molecule has 0 aromatic heterocycles. The van der Waals surface area contributed by atoms with Gasteiger partial charge in [-0.1, -0.05) is 19.3 Å². The van der Waals surface area contributed by atoms with Crippen LogP contribution >= 0.6 is 0 Å². The molecule has 0 aromatic carbocycles. The molecule has 2 heteroatoms. The number of aliphatic hydroxyl groups is 1. The summed E-state index contributed by atoms with van der Waals surface area (Å²) in [6.45, 7) is 0.328. The highest BCUT2D eigenvalue weighted by Gasteiger charge is 2.49. The Morgan fingerprint density at radius 1 is 1.18 bits per heavy atom. The highest BCUT2D eigenvalue weighted by molar-refractivity contribution is 5.04. The maximum atomic E-state index is 9.54. The molecule has 3 fully saturated rings. The van der Waals surface area contributed by atoms with Crippen LogP contribution in [-0.2, 0) is 0 Å². The van der Waals surface area contributed by atoms with Gasteiger partial charge in [0, 0.05) is 5.54 Å². The van der Waals surface area contributed by atoms with Crippen molar-refractivity contribution >= 4 is 0 Å². The van der Waals surface area contributed by atoms with Crippen LogP contribution in [0.5, 0.6) is 0 Å². The molecule has 0 spiro atoms. The minimum absolute atomic E-state index is 0.0869. The quantitative estimate of drug-likeness (QED) is 0.744. The van der Waals surface area contributed by atoms with Crippen molar-refractivity contribution in [1.82, 2.24) is 5.32 Å². The Kier molecular flexibility index (Phi) is 3.20. The maximum absolute atomic E-state index is 9.54. The van der Waals surface area contributed by atoms with E-state index in [0.29, 0.717) is 6.61 Å². The zero-order valence-corrected chi connectivity index (χ0v) is 11.1. The highest BCUT2D eigenvalue weighted by atomic mass is 16.3. The molecule has 0 amide bonds. The van der Waals surface area contributed by atoms with Gasteiger partial charge in [0.05, 0.1) is 6.61 Å². The summed E-state index contributed by atoms with van der Waals surface area (Å²) in [5.74, 6) is 3.88. The van der Waals surface area contributed by atoms with Gasteiger partial charge in [-0.3, -0.25) is 0 Å². The van der Waals surface area contributed by atoms with Crippen molar-refractivity contribution in [1.29, 1.82) is 0 Å². The molecule has 3 aliphatic carbocycles. The van der Waals surface area contributed by atoms with Crippen molar-refractivity contribution < 1.29 is 5.11 Å². The van der Waals surface area contributed by atoms with Gasteiger partial charge in [-0.05, 0) is 62.8 Å². The summed E-state index contributed by atoms with van der Waals surface area (Å²) in [5, 5.41) is 12.9. The van der Waals surface area contributed by atoms with E-state index in [4.69, 9.17) is 0 Å². The third kappa shape index (κ3) is 2.15. The van der Waals surface area contributed by atoms with Crippen LogP contribution in [0, 0.1) is 23.7 Å². The summed E-state index contributed by atoms with van der Waals surface area (Å²) in [5.41, 5.74) is 0.0869. The Morgan fingerprint density at radius 2 is 1.94 bits per heavy atom. The molecular formula is C15H27NO. The summed E-state index contributed by atoms with van der Waals surface area (Å²) in [7, 11) is 2.02. The number of likely N-dealkylation sites (N-methyl/N-ethyl adjacent to an activating group) is 1. The third-order valence-electron chi connectivity index (χ3n) is 6.02. The van der Waals surface area contributed by atoms with E-state index in [1.54, 1.807) is 0 Å². The second kappa shape index (κ2) is 4.55. The predicted molar refractivity (Wildman–Crippen MR) is 69.8 cm³/mol. The van der Waals surface area contributed by atoms with Crippen LogP contribution in [0.2, 0.25) is 0 Å². The highest BCUT2D eigenvalue weighted by Crippen LogP contribution is 2.53. The molecule has 98 valence electrons. The number of nitrogens with one attached hydrogen (secondary N) is 1. The number of hydrogen-bond acceptors (Lipinski definition) is 2. The SMILES string of the molecule is CNC1(CO)CCC1C[C@@H]1C[C@H]1CC1CCC1. The lowest BCUT2D eigenvalue weighted by Crippen LogP contribution is -2.59. The number of aliphatic hydroxyl groups excluding tert-OH is 1. The molecule has 2 unspecified atom stereocenters. The lowest BCUT2D eigenvalue weighted by molar-refractivity contribution is 0.0186. The monoisotopic (exact) mass is 237 g/mol. The summed E-state index contributed by atoms with van der Waals surface area (Å²) in [6, 6.07) is 0. The normalized spacial score (nSPS) is 45.2. The molecule has 0 saturated heterocycles. The molecule has 0 radical (unpaired) electrons. The van der Waals surface area contributed by atoms with Gasteiger partial charge in [0.1, 0.15) is 0 Å². The summed E-state index contributed by atoms with van der Waals surface area (Å²) >= 11 is 0. The Morgan fingerprint density at radius 3 is 2.41 bits per heavy atom. The van der Waals surface area contributed by atoms with Gasteiger partial charge in [0.2, 0.25) is 0 Å². The Balaban J connectivity index is 1.43. The van der Waals surface area contributed by atoms with E-state index in [-0.39, 0.29) is 5.54 Å². The number of hydrogen-bond donors (Lipinski definition) is 2. The lowest BCUT2D eigenvalue weighted by Gasteiger charge is -2.49. The average molecular weight is 237 g/mol. The van der Waals surface area contributed by atoms with Gasteiger partial charge >= 0.3 is 0 Å². The predicted octanol–water partition coefficient (Wildman–Crippen LogP) is 2.56. The molecule has 0 heterocycles. The van der Waals surface area contributed by atoms with Crippen molar-refractivity contribution in [3.63, 3.8) is 0 Å². The summed E-state index contributed by atoms with van der Waals surface area (Å²) in [6.07, 6.45) is 11.4. The van der Waals surface area contributed by atoms with Crippen LogP contribution in [0.3, 0.4) is 0 Å². The van der Waals surface area contributed by atoms with Crippen molar-refractivity contribution in [3.8, 4) is 0 Å². The minimum Gasteiger partial charge on any atom is -0.394 e. The van der Waals surface area contributed by atoms with E-state index in [9.17, 15) is 5.11 Å². The zero-order chi connectivity index (χ0) is 11.9. The van der Waals surface area contributed by atoms with Gasteiger partial charge in [0.15, 0.2) is 0 Å². The largest absolute Gasteiger partial charge is 0.394 e. The molecule has 2 nitrogen and oxygen atoms in total. The van der Waals surface area contributed by atoms with Crippen LogP contribution in [0.4, 0.5) is 0 Å². The Labute approximate surface area is 105 Å². The standard InChI is InChI=1S/C15H27NO/c1-16-15(10-17)6-5-14(15)9-13-8-12(13)7-11-3-2-4-11/h11-14,16-17H,2-10H2,1H3/t12-,13+,14?,15?/m1/s1. The van der Waals surface area contributed by atoms with Gasteiger partial charge in [-0.25, -0.2) is 0 Å². The average Bonchev–Trinajstić information content (AvgIpc) is 3.00. The molecule has 4 atom stereocenters. The van der Waals surface area contributed by atoms with Gasteiger partial charge in [0.25, 0.3) is 0 Å². The van der Waals surface area contributed by atoms with Crippen LogP contribution in [-0.4, -0.2) is 24.3 Å². The van der Waals surface area contributed by atoms with E-state index in [2.05, 4.69) is 5.32 Å². The number of rotatable bonds is 6. The van der Waals surface area contributed by atoms with Gasteiger partial charge < -0.3 is 10.4 Å². The van der Waals surface area contributed by atoms with Crippen molar-refractivity contribution in [2.75, 3.05) is 13.7 Å². The van der Waals surface area contributed by atoms with Gasteiger partial charge in [-0.15, -0.1) is 0 Å². The van der Waals surface area contributed by atoms with Crippen molar-refractivity contribution in [2.45, 2.75) is 56.9 Å². The maximum Gasteiger partial charge on any atom is 0.0615 e. The molecule has 0 aromatic rings. The fourth-order valence-electron chi connectivity index (χ4n) is 4.07. The fraction of sp³-hybridized carbons (Fsp3) is 1.00. The third-order valence-corrected chi connectivity index (χ3v) is 6.02. The smallest absolute Gasteiger partial charge is 0.0615 e. The molecule has 3 rings (SSSR count). The molecule has 3 aliphatic rings. The first-order valence-electron chi connectivity index (χ1n) is 7.57. The molecule has 3 saturated carbocycles. The van der Waals surface area contributed by atoms with Crippen LogP contribution in [0.15, 0.2) is 0 Å². The first-order valence-corrected chi connectivity index (χ1v) is 7.57. The minimum atomic E-state index is 0.0869. The van der Waals surface area contributed by atoms with Crippen molar-refractivity contribution in [3.05, 3.63) is 0 Å². The molecular weight excluding hydrogens is 210 g/mol. The van der Waals surface area contributed by atoms with Crippen LogP contribution in [0.25, 0.3) is 0 Å². The molecule has 17 heavy (non-hydrogen) atoms. The second-order valence-electron chi connectivity index (χ2n) is 6.82. The van der Waals surface area contributed by atoms with E-state index in [0.717, 1.165) is 23.7 Å². The van der Waals surface area contributed by atoms with Crippen molar-refractivity contribution in [2.24, 2.45) is 23.7 Å². The van der Waals surface area contributed by atoms with Crippen LogP contribution < -0.4 is 5.32 Å². The first-order chi connectivity index (χ1) is 8.27. The first kappa shape index (κ1) is 12.0. The summed E-state index contributed by atoms with van der Waals surface area (Å²) in [4.78, 5) is 0. The van der Waals surface area contributed by atoms with E-state index in [1.807, 2.05) is 7.05 Å². The topological polar surface area (TPSA) is 32.3 Å². The molecule has 0 bridgehead atoms. The second-order valence-corrected chi connectivity index (χ2v) is 6.82. The van der Waals surface area contributed by atoms with E-state index >= 15 is 0 Å².